The van der Waals surface area contributed by atoms with Crippen LogP contribution in [-0.2, 0) is 17.3 Å². The highest BCUT2D eigenvalue weighted by molar-refractivity contribution is 7.85. The molecule has 0 amide bonds. The Morgan fingerprint density at radius 3 is 2.86 bits per heavy atom. The van der Waals surface area contributed by atoms with Crippen LogP contribution in [0.15, 0.2) is 53.7 Å². The third-order valence-electron chi connectivity index (χ3n) is 4.03. The summed E-state index contributed by atoms with van der Waals surface area (Å²) >= 11 is 0. The Bertz CT molecular complexity index is 570. The number of nitrogens with zero attached hydrogens (tertiary/aromatic N) is 3. The van der Waals surface area contributed by atoms with E-state index >= 15 is 0 Å². The van der Waals surface area contributed by atoms with Gasteiger partial charge in [-0.25, -0.2) is 0 Å². The average Bonchev–Trinajstić information content (AvgIpc) is 3.18. The van der Waals surface area contributed by atoms with Gasteiger partial charge in [0.2, 0.25) is 0 Å². The first-order chi connectivity index (χ1) is 10.3. The van der Waals surface area contributed by atoms with Crippen LogP contribution < -0.4 is 0 Å². The van der Waals surface area contributed by atoms with E-state index in [1.165, 1.54) is 12.8 Å². The summed E-state index contributed by atoms with van der Waals surface area (Å²) in [6.07, 6.45) is 6.27. The molecule has 1 aliphatic heterocycles. The lowest BCUT2D eigenvalue weighted by Crippen LogP contribution is -2.35. The van der Waals surface area contributed by atoms with Gasteiger partial charge < -0.3 is 0 Å². The molecule has 1 fully saturated rings. The molecule has 5 heteroatoms. The number of hydrogen-bond donors (Lipinski definition) is 0. The highest BCUT2D eigenvalue weighted by atomic mass is 32.2. The van der Waals surface area contributed by atoms with Gasteiger partial charge in [-0.3, -0.25) is 13.8 Å². The third-order valence-corrected chi connectivity index (χ3v) is 5.38. The average molecular weight is 303 g/mol. The minimum Gasteiger partial charge on any atom is -0.298 e. The van der Waals surface area contributed by atoms with Crippen molar-refractivity contribution in [3.63, 3.8) is 0 Å². The van der Waals surface area contributed by atoms with Crippen molar-refractivity contribution in [2.45, 2.75) is 30.3 Å². The maximum Gasteiger partial charge on any atom is 0.0564 e. The molecule has 2 heterocycles. The lowest BCUT2D eigenvalue weighted by molar-refractivity contribution is 0.240. The topological polar surface area (TPSA) is 38.1 Å². The molecule has 1 aromatic heterocycles. The molecule has 0 aliphatic carbocycles. The molecule has 21 heavy (non-hydrogen) atoms. The fourth-order valence-corrected chi connectivity index (χ4v) is 4.01. The van der Waals surface area contributed by atoms with Gasteiger partial charge in [-0.1, -0.05) is 18.2 Å². The van der Waals surface area contributed by atoms with Crippen LogP contribution in [0.1, 0.15) is 12.8 Å². The molecular formula is C16H21N3OS. The van der Waals surface area contributed by atoms with Crippen molar-refractivity contribution in [1.29, 1.82) is 0 Å². The van der Waals surface area contributed by atoms with Crippen LogP contribution in [0.5, 0.6) is 0 Å². The van der Waals surface area contributed by atoms with E-state index in [-0.39, 0.29) is 0 Å². The van der Waals surface area contributed by atoms with Crippen molar-refractivity contribution in [3.8, 4) is 0 Å². The van der Waals surface area contributed by atoms with E-state index in [2.05, 4.69) is 10.00 Å². The van der Waals surface area contributed by atoms with Gasteiger partial charge in [0.15, 0.2) is 0 Å². The lowest BCUT2D eigenvalue weighted by Gasteiger charge is -2.24. The summed E-state index contributed by atoms with van der Waals surface area (Å²) in [5, 5.41) is 4.29. The van der Waals surface area contributed by atoms with Crippen LogP contribution in [-0.4, -0.2) is 43.8 Å². The fraction of sp³-hybridized carbons (Fsp3) is 0.438. The normalized spacial score (nSPS) is 20.7. The van der Waals surface area contributed by atoms with E-state index in [4.69, 9.17) is 0 Å². The Balaban J connectivity index is 1.53. The first-order valence-electron chi connectivity index (χ1n) is 7.48. The Hall–Kier alpha value is -1.46. The molecule has 0 radical (unpaired) electrons. The largest absolute Gasteiger partial charge is 0.298 e. The maximum absolute atomic E-state index is 12.3. The molecule has 1 aliphatic rings. The zero-order chi connectivity index (χ0) is 14.5. The minimum atomic E-state index is -0.897. The minimum absolute atomic E-state index is 0.526. The molecule has 3 rings (SSSR count). The summed E-state index contributed by atoms with van der Waals surface area (Å²) in [4.78, 5) is 3.39. The van der Waals surface area contributed by atoms with Gasteiger partial charge in [-0.2, -0.15) is 5.10 Å². The van der Waals surface area contributed by atoms with E-state index < -0.39 is 10.8 Å². The van der Waals surface area contributed by atoms with Crippen molar-refractivity contribution in [3.05, 3.63) is 48.8 Å². The summed E-state index contributed by atoms with van der Waals surface area (Å²) in [7, 11) is -0.897. The third kappa shape index (κ3) is 3.80. The Kier molecular flexibility index (Phi) is 4.83. The van der Waals surface area contributed by atoms with Crippen LogP contribution in [0.4, 0.5) is 0 Å². The van der Waals surface area contributed by atoms with E-state index in [0.717, 1.165) is 24.5 Å². The highest BCUT2D eigenvalue weighted by Crippen LogP contribution is 2.19. The quantitative estimate of drug-likeness (QED) is 0.821. The van der Waals surface area contributed by atoms with Crippen LogP contribution in [0, 0.1) is 0 Å². The first kappa shape index (κ1) is 14.5. The van der Waals surface area contributed by atoms with E-state index in [1.807, 2.05) is 53.5 Å². The molecule has 2 aromatic rings. The van der Waals surface area contributed by atoms with Crippen molar-refractivity contribution >= 4 is 10.8 Å². The lowest BCUT2D eigenvalue weighted by atomic mass is 10.2. The second-order valence-electron chi connectivity index (χ2n) is 5.42. The number of likely N-dealkylation sites (tertiary alicyclic amines) is 1. The van der Waals surface area contributed by atoms with Crippen molar-refractivity contribution < 1.29 is 4.21 Å². The van der Waals surface area contributed by atoms with Gasteiger partial charge in [0.1, 0.15) is 0 Å². The smallest absolute Gasteiger partial charge is 0.0564 e. The van der Waals surface area contributed by atoms with Gasteiger partial charge in [0.05, 0.1) is 17.3 Å². The number of aromatic nitrogens is 2. The van der Waals surface area contributed by atoms with Gasteiger partial charge in [-0.05, 0) is 37.6 Å². The summed E-state index contributed by atoms with van der Waals surface area (Å²) in [6, 6.07) is 12.2. The second kappa shape index (κ2) is 7.00. The predicted molar refractivity (Wildman–Crippen MR) is 84.5 cm³/mol. The maximum atomic E-state index is 12.3. The Morgan fingerprint density at radius 2 is 2.10 bits per heavy atom. The molecule has 0 N–H and O–H groups in total. The first-order valence-corrected chi connectivity index (χ1v) is 8.80. The molecule has 4 nitrogen and oxygen atoms in total. The molecule has 1 saturated heterocycles. The molecule has 0 unspecified atom stereocenters. The van der Waals surface area contributed by atoms with Crippen molar-refractivity contribution in [2.24, 2.45) is 0 Å². The number of benzene rings is 1. The monoisotopic (exact) mass is 303 g/mol. The molecule has 0 spiro atoms. The second-order valence-corrected chi connectivity index (χ2v) is 6.99. The van der Waals surface area contributed by atoms with E-state index in [1.54, 1.807) is 0 Å². The van der Waals surface area contributed by atoms with Gasteiger partial charge in [-0.15, -0.1) is 0 Å². The molecule has 1 aromatic carbocycles. The van der Waals surface area contributed by atoms with Gasteiger partial charge >= 0.3 is 0 Å². The van der Waals surface area contributed by atoms with Crippen LogP contribution in [0.25, 0.3) is 0 Å². The molecule has 112 valence electrons. The molecule has 0 saturated carbocycles. The predicted octanol–water partition coefficient (Wildman–Crippen LogP) is 2.16. The van der Waals surface area contributed by atoms with Gasteiger partial charge in [0, 0.05) is 35.6 Å². The number of hydrogen-bond acceptors (Lipinski definition) is 3. The molecular weight excluding hydrogens is 282 g/mol. The van der Waals surface area contributed by atoms with Crippen LogP contribution in [0.3, 0.4) is 0 Å². The Morgan fingerprint density at radius 1 is 1.24 bits per heavy atom. The van der Waals surface area contributed by atoms with Gasteiger partial charge in [0.25, 0.3) is 0 Å². The fourth-order valence-electron chi connectivity index (χ4n) is 2.91. The van der Waals surface area contributed by atoms with Crippen LogP contribution >= 0.6 is 0 Å². The summed E-state index contributed by atoms with van der Waals surface area (Å²) < 4.78 is 14.3. The van der Waals surface area contributed by atoms with Crippen LogP contribution in [0.2, 0.25) is 0 Å². The van der Waals surface area contributed by atoms with E-state index in [0.29, 0.717) is 11.8 Å². The highest BCUT2D eigenvalue weighted by Gasteiger charge is 2.25. The zero-order valence-corrected chi connectivity index (χ0v) is 12.9. The zero-order valence-electron chi connectivity index (χ0n) is 12.1. The van der Waals surface area contributed by atoms with Crippen molar-refractivity contribution in [1.82, 2.24) is 14.7 Å². The summed E-state index contributed by atoms with van der Waals surface area (Å²) in [5.74, 6) is 0.708. The summed E-state index contributed by atoms with van der Waals surface area (Å²) in [5.41, 5.74) is 0. The molecule has 0 bridgehead atoms. The summed E-state index contributed by atoms with van der Waals surface area (Å²) in [6.45, 7) is 2.94. The Labute approximate surface area is 128 Å². The SMILES string of the molecule is O=[S@@](CCN1CCC[C@H]1Cn1cccn1)c1ccccc1. The number of rotatable bonds is 6. The van der Waals surface area contributed by atoms with Crippen molar-refractivity contribution in [2.75, 3.05) is 18.8 Å². The van der Waals surface area contributed by atoms with E-state index in [9.17, 15) is 4.21 Å². The molecule has 2 atom stereocenters. The standard InChI is InChI=1S/C16H21N3OS/c20-21(16-7-2-1-3-8-16)13-12-18-10-4-6-15(18)14-19-11-5-9-17-19/h1-3,5,7-9,11,15H,4,6,10,12-14H2/t15-,21-/m0/s1.